The van der Waals surface area contributed by atoms with Crippen molar-refractivity contribution >= 4 is 22.4 Å². The number of hydrogen-bond donors (Lipinski definition) is 0. The molecule has 6 aromatic rings. The standard InChI is InChI=1S/C29H25N5O3S/c1-2-3-7-16-36-23-14-12-20(13-15-23)27-30-29-34(32-27)28(35)25(38-29)18-21-19-33(22-9-5-4-6-10-22)31-26(21)24-11-8-17-37-24/h4-6,8-15,17-19H,2-3,7,16H2,1H3. The Balaban J connectivity index is 1.32. The summed E-state index contributed by atoms with van der Waals surface area (Å²) in [7, 11) is 0. The highest BCUT2D eigenvalue weighted by Gasteiger charge is 2.16. The lowest BCUT2D eigenvalue weighted by Gasteiger charge is -2.05. The van der Waals surface area contributed by atoms with Gasteiger partial charge in [0.1, 0.15) is 11.4 Å². The van der Waals surface area contributed by atoms with Crippen molar-refractivity contribution < 1.29 is 9.15 Å². The molecule has 0 aliphatic carbocycles. The highest BCUT2D eigenvalue weighted by atomic mass is 32.1. The van der Waals surface area contributed by atoms with E-state index in [1.54, 1.807) is 10.9 Å². The summed E-state index contributed by atoms with van der Waals surface area (Å²) in [4.78, 5) is 18.4. The van der Waals surface area contributed by atoms with Crippen LogP contribution >= 0.6 is 11.3 Å². The Morgan fingerprint density at radius 2 is 1.84 bits per heavy atom. The minimum absolute atomic E-state index is 0.225. The molecule has 0 unspecified atom stereocenters. The number of hydrogen-bond acceptors (Lipinski definition) is 7. The Morgan fingerprint density at radius 1 is 1.00 bits per heavy atom. The lowest BCUT2D eigenvalue weighted by Crippen LogP contribution is -2.23. The van der Waals surface area contributed by atoms with Crippen LogP contribution in [0.25, 0.3) is 39.6 Å². The van der Waals surface area contributed by atoms with Crippen molar-refractivity contribution in [1.82, 2.24) is 24.4 Å². The van der Waals surface area contributed by atoms with E-state index in [2.05, 4.69) is 17.0 Å². The Kier molecular flexibility index (Phi) is 6.58. The monoisotopic (exact) mass is 523 g/mol. The number of furan rings is 1. The summed E-state index contributed by atoms with van der Waals surface area (Å²) in [5.74, 6) is 1.94. The van der Waals surface area contributed by atoms with Crippen LogP contribution in [0.4, 0.5) is 0 Å². The zero-order chi connectivity index (χ0) is 25.9. The van der Waals surface area contributed by atoms with E-state index in [-0.39, 0.29) is 5.56 Å². The molecule has 0 radical (unpaired) electrons. The third-order valence-electron chi connectivity index (χ3n) is 6.12. The summed E-state index contributed by atoms with van der Waals surface area (Å²) >= 11 is 1.29. The average Bonchev–Trinajstić information content (AvgIpc) is 3.74. The summed E-state index contributed by atoms with van der Waals surface area (Å²) in [5.41, 5.74) is 2.93. The predicted molar refractivity (Wildman–Crippen MR) is 148 cm³/mol. The molecule has 0 saturated carbocycles. The van der Waals surface area contributed by atoms with Gasteiger partial charge in [0.15, 0.2) is 11.6 Å². The van der Waals surface area contributed by atoms with E-state index in [0.717, 1.165) is 41.8 Å². The lowest BCUT2D eigenvalue weighted by atomic mass is 10.2. The van der Waals surface area contributed by atoms with Crippen LogP contribution in [0.5, 0.6) is 5.75 Å². The van der Waals surface area contributed by atoms with Crippen LogP contribution in [-0.4, -0.2) is 31.0 Å². The molecule has 9 heteroatoms. The summed E-state index contributed by atoms with van der Waals surface area (Å²) in [6.45, 7) is 2.88. The zero-order valence-corrected chi connectivity index (χ0v) is 21.6. The van der Waals surface area contributed by atoms with E-state index < -0.39 is 0 Å². The number of fused-ring (bicyclic) bond motifs is 1. The molecule has 2 aromatic carbocycles. The van der Waals surface area contributed by atoms with Crippen molar-refractivity contribution in [3.63, 3.8) is 0 Å². The van der Waals surface area contributed by atoms with Crippen molar-refractivity contribution in [2.75, 3.05) is 6.61 Å². The second kappa shape index (κ2) is 10.5. The van der Waals surface area contributed by atoms with E-state index in [4.69, 9.17) is 14.3 Å². The first kappa shape index (κ1) is 23.9. The first-order chi connectivity index (χ1) is 18.7. The van der Waals surface area contributed by atoms with Crippen molar-refractivity contribution in [1.29, 1.82) is 0 Å². The van der Waals surface area contributed by atoms with Crippen LogP contribution < -0.4 is 14.8 Å². The molecule has 0 saturated heterocycles. The van der Waals surface area contributed by atoms with Crippen LogP contribution in [-0.2, 0) is 0 Å². The second-order valence-corrected chi connectivity index (χ2v) is 9.83. The minimum Gasteiger partial charge on any atom is -0.494 e. The number of benzene rings is 2. The van der Waals surface area contributed by atoms with Crippen molar-refractivity contribution in [3.05, 3.63) is 99.6 Å². The molecule has 0 atom stereocenters. The molecule has 0 aliphatic rings. The fourth-order valence-electron chi connectivity index (χ4n) is 4.15. The maximum absolute atomic E-state index is 13.2. The number of nitrogens with zero attached hydrogens (tertiary/aromatic N) is 5. The number of para-hydroxylation sites is 1. The van der Waals surface area contributed by atoms with E-state index in [0.29, 0.717) is 33.4 Å². The molecular formula is C29H25N5O3S. The Morgan fingerprint density at radius 3 is 2.58 bits per heavy atom. The van der Waals surface area contributed by atoms with Crippen LogP contribution in [0.15, 0.2) is 88.4 Å². The highest BCUT2D eigenvalue weighted by molar-refractivity contribution is 7.15. The summed E-state index contributed by atoms with van der Waals surface area (Å²) < 4.78 is 15.1. The molecular weight excluding hydrogens is 498 g/mol. The van der Waals surface area contributed by atoms with Crippen molar-refractivity contribution in [2.24, 2.45) is 0 Å². The average molecular weight is 524 g/mol. The predicted octanol–water partition coefficient (Wildman–Crippen LogP) is 5.38. The smallest absolute Gasteiger partial charge is 0.291 e. The Bertz CT molecular complexity index is 1770. The number of thiazole rings is 1. The molecule has 38 heavy (non-hydrogen) atoms. The first-order valence-electron chi connectivity index (χ1n) is 12.5. The molecule has 0 amide bonds. The Hall–Kier alpha value is -4.50. The fourth-order valence-corrected chi connectivity index (χ4v) is 5.05. The van der Waals surface area contributed by atoms with E-state index in [1.165, 1.54) is 15.9 Å². The molecule has 190 valence electrons. The normalized spacial score (nSPS) is 12.0. The maximum Gasteiger partial charge on any atom is 0.291 e. The van der Waals surface area contributed by atoms with Crippen LogP contribution in [0.3, 0.4) is 0 Å². The number of unbranched alkanes of at least 4 members (excludes halogenated alkanes) is 2. The van der Waals surface area contributed by atoms with Crippen LogP contribution in [0.2, 0.25) is 0 Å². The van der Waals surface area contributed by atoms with Crippen molar-refractivity contribution in [2.45, 2.75) is 26.2 Å². The first-order valence-corrected chi connectivity index (χ1v) is 13.3. The summed E-state index contributed by atoms with van der Waals surface area (Å²) in [6.07, 6.45) is 8.67. The molecule has 0 N–H and O–H groups in total. The highest BCUT2D eigenvalue weighted by Crippen LogP contribution is 2.25. The molecule has 4 heterocycles. The van der Waals surface area contributed by atoms with Crippen molar-refractivity contribution in [3.8, 4) is 34.3 Å². The SMILES string of the molecule is CCCCCOc1ccc(-c2nc3sc(=Cc4cn(-c5ccccc5)nc4-c4ccco4)c(=O)n3n2)cc1. The molecule has 6 rings (SSSR count). The molecule has 0 fully saturated rings. The summed E-state index contributed by atoms with van der Waals surface area (Å²) in [5, 5.41) is 9.21. The van der Waals surface area contributed by atoms with Gasteiger partial charge in [-0.2, -0.15) is 14.6 Å². The number of aromatic nitrogens is 5. The van der Waals surface area contributed by atoms with Gasteiger partial charge in [0.25, 0.3) is 5.56 Å². The number of rotatable bonds is 9. The second-order valence-electron chi connectivity index (χ2n) is 8.82. The van der Waals surface area contributed by atoms with Gasteiger partial charge >= 0.3 is 0 Å². The molecule has 0 bridgehead atoms. The number of ether oxygens (including phenoxy) is 1. The van der Waals surface area contributed by atoms with Gasteiger partial charge in [-0.05, 0) is 61.0 Å². The van der Waals surface area contributed by atoms with Gasteiger partial charge in [-0.1, -0.05) is 49.3 Å². The van der Waals surface area contributed by atoms with Gasteiger partial charge in [-0.15, -0.1) is 5.10 Å². The largest absolute Gasteiger partial charge is 0.494 e. The lowest BCUT2D eigenvalue weighted by molar-refractivity contribution is 0.306. The molecule has 0 spiro atoms. The maximum atomic E-state index is 13.2. The summed E-state index contributed by atoms with van der Waals surface area (Å²) in [6, 6.07) is 21.1. The molecule has 4 aromatic heterocycles. The third-order valence-corrected chi connectivity index (χ3v) is 7.07. The van der Waals surface area contributed by atoms with E-state index in [1.807, 2.05) is 79.0 Å². The van der Waals surface area contributed by atoms with Crippen LogP contribution in [0, 0.1) is 0 Å². The van der Waals surface area contributed by atoms with E-state index in [9.17, 15) is 4.79 Å². The third kappa shape index (κ3) is 4.76. The quantitative estimate of drug-likeness (QED) is 0.237. The van der Waals surface area contributed by atoms with Gasteiger partial charge in [-0.3, -0.25) is 4.79 Å². The van der Waals surface area contributed by atoms with Gasteiger partial charge < -0.3 is 9.15 Å². The van der Waals surface area contributed by atoms with Crippen LogP contribution in [0.1, 0.15) is 31.7 Å². The Labute approximate surface area is 222 Å². The fraction of sp³-hybridized carbons (Fsp3) is 0.172. The van der Waals surface area contributed by atoms with Gasteiger partial charge in [0.2, 0.25) is 4.96 Å². The molecule has 0 aliphatic heterocycles. The minimum atomic E-state index is -0.225. The van der Waals surface area contributed by atoms with E-state index >= 15 is 0 Å². The van der Waals surface area contributed by atoms with Gasteiger partial charge in [0.05, 0.1) is 23.1 Å². The van der Waals surface area contributed by atoms with Gasteiger partial charge in [0, 0.05) is 17.3 Å². The molecule has 8 nitrogen and oxygen atoms in total. The van der Waals surface area contributed by atoms with Gasteiger partial charge in [-0.25, -0.2) is 4.68 Å². The zero-order valence-electron chi connectivity index (χ0n) is 20.8. The topological polar surface area (TPSA) is 87.5 Å².